The Bertz CT molecular complexity index is 266. The SMILES string of the molecule is CCCN(CC1CC1)C(=O)CC(N)CC(C)(C)C. The van der Waals surface area contributed by atoms with Crippen LogP contribution >= 0.6 is 0 Å². The normalized spacial score (nSPS) is 17.6. The zero-order chi connectivity index (χ0) is 13.8. The van der Waals surface area contributed by atoms with Gasteiger partial charge in [-0.3, -0.25) is 4.79 Å². The molecule has 0 heterocycles. The summed E-state index contributed by atoms with van der Waals surface area (Å²) in [5.41, 5.74) is 6.29. The van der Waals surface area contributed by atoms with E-state index in [0.717, 1.165) is 31.8 Å². The van der Waals surface area contributed by atoms with Crippen molar-refractivity contribution in [2.24, 2.45) is 17.1 Å². The summed E-state index contributed by atoms with van der Waals surface area (Å²) < 4.78 is 0. The molecule has 0 aliphatic heterocycles. The lowest BCUT2D eigenvalue weighted by molar-refractivity contribution is -0.132. The van der Waals surface area contributed by atoms with Crippen LogP contribution in [0, 0.1) is 11.3 Å². The Morgan fingerprint density at radius 3 is 2.44 bits per heavy atom. The topological polar surface area (TPSA) is 46.3 Å². The Labute approximate surface area is 112 Å². The molecule has 1 unspecified atom stereocenters. The van der Waals surface area contributed by atoms with Gasteiger partial charge in [0.05, 0.1) is 0 Å². The van der Waals surface area contributed by atoms with Crippen molar-refractivity contribution in [3.05, 3.63) is 0 Å². The molecule has 0 radical (unpaired) electrons. The lowest BCUT2D eigenvalue weighted by Gasteiger charge is -2.26. The van der Waals surface area contributed by atoms with E-state index in [1.807, 2.05) is 4.90 Å². The van der Waals surface area contributed by atoms with Gasteiger partial charge in [-0.15, -0.1) is 0 Å². The Balaban J connectivity index is 2.39. The zero-order valence-electron chi connectivity index (χ0n) is 12.5. The van der Waals surface area contributed by atoms with Gasteiger partial charge in [-0.2, -0.15) is 0 Å². The van der Waals surface area contributed by atoms with Gasteiger partial charge >= 0.3 is 0 Å². The average Bonchev–Trinajstić information content (AvgIpc) is 2.97. The predicted octanol–water partition coefficient (Wildman–Crippen LogP) is 2.79. The molecule has 1 amide bonds. The fourth-order valence-corrected chi connectivity index (χ4v) is 2.41. The number of nitrogens with two attached hydrogens (primary N) is 1. The summed E-state index contributed by atoms with van der Waals surface area (Å²) in [6.45, 7) is 10.5. The predicted molar refractivity (Wildman–Crippen MR) is 76.3 cm³/mol. The highest BCUT2D eigenvalue weighted by Gasteiger charge is 2.27. The zero-order valence-corrected chi connectivity index (χ0v) is 12.5. The molecule has 0 spiro atoms. The average molecular weight is 254 g/mol. The van der Waals surface area contributed by atoms with Crippen molar-refractivity contribution >= 4 is 5.91 Å². The summed E-state index contributed by atoms with van der Waals surface area (Å²) >= 11 is 0. The van der Waals surface area contributed by atoms with Gasteiger partial charge in [0, 0.05) is 25.6 Å². The minimum Gasteiger partial charge on any atom is -0.342 e. The Kier molecular flexibility index (Phi) is 5.64. The van der Waals surface area contributed by atoms with E-state index in [4.69, 9.17) is 5.73 Å². The second kappa shape index (κ2) is 6.55. The summed E-state index contributed by atoms with van der Waals surface area (Å²) in [7, 11) is 0. The van der Waals surface area contributed by atoms with Crippen LogP contribution in [0.25, 0.3) is 0 Å². The van der Waals surface area contributed by atoms with Gasteiger partial charge in [0.2, 0.25) is 5.91 Å². The summed E-state index contributed by atoms with van der Waals surface area (Å²) in [6.07, 6.45) is 5.03. The van der Waals surface area contributed by atoms with E-state index < -0.39 is 0 Å². The molecule has 1 aliphatic carbocycles. The van der Waals surface area contributed by atoms with E-state index >= 15 is 0 Å². The molecule has 106 valence electrons. The van der Waals surface area contributed by atoms with Crippen molar-refractivity contribution in [3.8, 4) is 0 Å². The number of amides is 1. The van der Waals surface area contributed by atoms with E-state index in [0.29, 0.717) is 6.42 Å². The van der Waals surface area contributed by atoms with E-state index in [1.54, 1.807) is 0 Å². The van der Waals surface area contributed by atoms with Crippen LogP contribution in [0.3, 0.4) is 0 Å². The van der Waals surface area contributed by atoms with Crippen molar-refractivity contribution < 1.29 is 4.79 Å². The van der Waals surface area contributed by atoms with Crippen LogP contribution in [0.2, 0.25) is 0 Å². The highest BCUT2D eigenvalue weighted by molar-refractivity contribution is 5.76. The van der Waals surface area contributed by atoms with Crippen molar-refractivity contribution in [1.29, 1.82) is 0 Å². The maximum absolute atomic E-state index is 12.2. The summed E-state index contributed by atoms with van der Waals surface area (Å²) in [5, 5.41) is 0. The van der Waals surface area contributed by atoms with Crippen LogP contribution in [0.4, 0.5) is 0 Å². The van der Waals surface area contributed by atoms with Crippen molar-refractivity contribution in [2.75, 3.05) is 13.1 Å². The van der Waals surface area contributed by atoms with E-state index in [9.17, 15) is 4.79 Å². The highest BCUT2D eigenvalue weighted by Crippen LogP contribution is 2.30. The Morgan fingerprint density at radius 1 is 1.39 bits per heavy atom. The quantitative estimate of drug-likeness (QED) is 0.759. The van der Waals surface area contributed by atoms with Crippen LogP contribution in [-0.2, 0) is 4.79 Å². The molecule has 0 aromatic heterocycles. The van der Waals surface area contributed by atoms with Gasteiger partial charge < -0.3 is 10.6 Å². The largest absolute Gasteiger partial charge is 0.342 e. The number of carbonyl (C=O) groups is 1. The van der Waals surface area contributed by atoms with Gasteiger partial charge in [0.15, 0.2) is 0 Å². The lowest BCUT2D eigenvalue weighted by atomic mass is 9.87. The smallest absolute Gasteiger partial charge is 0.224 e. The number of hydrogen-bond donors (Lipinski definition) is 1. The molecule has 1 saturated carbocycles. The van der Waals surface area contributed by atoms with E-state index in [1.165, 1.54) is 12.8 Å². The summed E-state index contributed by atoms with van der Waals surface area (Å²) in [6, 6.07) is -0.00365. The second-order valence-electron chi connectivity index (χ2n) is 7.01. The van der Waals surface area contributed by atoms with Crippen LogP contribution in [0.5, 0.6) is 0 Å². The van der Waals surface area contributed by atoms with Gasteiger partial charge in [0.25, 0.3) is 0 Å². The minimum absolute atomic E-state index is 0.00365. The lowest BCUT2D eigenvalue weighted by Crippen LogP contribution is -2.38. The number of carbonyl (C=O) groups excluding carboxylic acids is 1. The third kappa shape index (κ3) is 6.39. The Hall–Kier alpha value is -0.570. The number of nitrogens with zero attached hydrogens (tertiary/aromatic N) is 1. The molecule has 0 saturated heterocycles. The Morgan fingerprint density at radius 2 is 2.00 bits per heavy atom. The monoisotopic (exact) mass is 254 g/mol. The van der Waals surface area contributed by atoms with Crippen LogP contribution < -0.4 is 5.73 Å². The van der Waals surface area contributed by atoms with Gasteiger partial charge in [-0.05, 0) is 37.0 Å². The van der Waals surface area contributed by atoms with E-state index in [2.05, 4.69) is 27.7 Å². The minimum atomic E-state index is -0.00365. The van der Waals surface area contributed by atoms with Gasteiger partial charge in [-0.1, -0.05) is 27.7 Å². The molecule has 1 rings (SSSR count). The molecular weight excluding hydrogens is 224 g/mol. The second-order valence-corrected chi connectivity index (χ2v) is 7.01. The van der Waals surface area contributed by atoms with Crippen LogP contribution in [0.15, 0.2) is 0 Å². The van der Waals surface area contributed by atoms with Gasteiger partial charge in [0.1, 0.15) is 0 Å². The first-order valence-electron chi connectivity index (χ1n) is 7.35. The standard InChI is InChI=1S/C15H30N2O/c1-5-8-17(11-12-6-7-12)14(18)9-13(16)10-15(2,3)4/h12-13H,5-11,16H2,1-4H3. The molecule has 2 N–H and O–H groups in total. The fourth-order valence-electron chi connectivity index (χ4n) is 2.41. The summed E-state index contributed by atoms with van der Waals surface area (Å²) in [4.78, 5) is 14.3. The van der Waals surface area contributed by atoms with Crippen molar-refractivity contribution in [1.82, 2.24) is 4.90 Å². The van der Waals surface area contributed by atoms with E-state index in [-0.39, 0.29) is 17.4 Å². The molecule has 18 heavy (non-hydrogen) atoms. The maximum atomic E-state index is 12.2. The molecule has 1 atom stereocenters. The van der Waals surface area contributed by atoms with Crippen molar-refractivity contribution in [2.45, 2.75) is 65.8 Å². The third-order valence-electron chi connectivity index (χ3n) is 3.33. The molecule has 0 bridgehead atoms. The first kappa shape index (κ1) is 15.5. The molecule has 0 aromatic carbocycles. The van der Waals surface area contributed by atoms with Crippen molar-refractivity contribution in [3.63, 3.8) is 0 Å². The third-order valence-corrected chi connectivity index (χ3v) is 3.33. The fraction of sp³-hybridized carbons (Fsp3) is 0.933. The van der Waals surface area contributed by atoms with Gasteiger partial charge in [-0.25, -0.2) is 0 Å². The highest BCUT2D eigenvalue weighted by atomic mass is 16.2. The molecule has 0 aromatic rings. The molecule has 3 nitrogen and oxygen atoms in total. The van der Waals surface area contributed by atoms with Crippen LogP contribution in [0.1, 0.15) is 59.8 Å². The number of rotatable bonds is 7. The van der Waals surface area contributed by atoms with Crippen LogP contribution in [-0.4, -0.2) is 29.9 Å². The first-order valence-corrected chi connectivity index (χ1v) is 7.35. The summed E-state index contributed by atoms with van der Waals surface area (Å²) in [5.74, 6) is 1.01. The molecular formula is C15H30N2O. The molecule has 3 heteroatoms. The first-order chi connectivity index (χ1) is 8.31. The number of hydrogen-bond acceptors (Lipinski definition) is 2. The molecule has 1 fully saturated rings. The molecule has 1 aliphatic rings. The maximum Gasteiger partial charge on any atom is 0.224 e.